The monoisotopic (exact) mass is 307 g/mol. The topological polar surface area (TPSA) is 86.5 Å². The number of ether oxygens (including phenoxy) is 1. The predicted molar refractivity (Wildman–Crippen MR) is 66.1 cm³/mol. The number of carbonyl (C=O) groups excluding carboxylic acids is 3. The number of hydrogen-bond donors (Lipinski definition) is 0. The van der Waals surface area contributed by atoms with Crippen LogP contribution in [0.5, 0.6) is 0 Å². The number of furan rings is 1. The third kappa shape index (κ3) is 1.77. The van der Waals surface area contributed by atoms with E-state index in [0.29, 0.717) is 0 Å². The van der Waals surface area contributed by atoms with E-state index in [1.54, 1.807) is 0 Å². The van der Waals surface area contributed by atoms with Gasteiger partial charge in [-0.3, -0.25) is 14.6 Å². The molecule has 0 saturated heterocycles. The van der Waals surface area contributed by atoms with Crippen molar-refractivity contribution >= 4 is 17.5 Å². The minimum atomic E-state index is -3.18. The van der Waals surface area contributed by atoms with E-state index in [0.717, 1.165) is 13.3 Å². The number of pyridine rings is 1. The van der Waals surface area contributed by atoms with E-state index in [2.05, 4.69) is 9.72 Å². The Balaban J connectivity index is 2.33. The highest BCUT2D eigenvalue weighted by atomic mass is 19.3. The first-order valence-electron chi connectivity index (χ1n) is 6.04. The van der Waals surface area contributed by atoms with E-state index >= 15 is 0 Å². The molecule has 0 unspecified atom stereocenters. The van der Waals surface area contributed by atoms with Crippen molar-refractivity contribution in [2.75, 3.05) is 7.11 Å². The minimum Gasteiger partial charge on any atom is -0.465 e. The van der Waals surface area contributed by atoms with Crippen molar-refractivity contribution in [2.45, 2.75) is 6.43 Å². The van der Waals surface area contributed by atoms with Gasteiger partial charge in [-0.1, -0.05) is 0 Å². The lowest BCUT2D eigenvalue weighted by atomic mass is 9.87. The van der Waals surface area contributed by atoms with Crippen LogP contribution in [0.3, 0.4) is 0 Å². The Kier molecular flexibility index (Phi) is 3.09. The molecule has 0 radical (unpaired) electrons. The van der Waals surface area contributed by atoms with Gasteiger partial charge in [0.15, 0.2) is 17.3 Å². The first-order chi connectivity index (χ1) is 10.5. The first-order valence-corrected chi connectivity index (χ1v) is 6.04. The fourth-order valence-corrected chi connectivity index (χ4v) is 2.31. The maximum Gasteiger partial charge on any atom is 0.342 e. The van der Waals surface area contributed by atoms with E-state index in [1.165, 1.54) is 12.3 Å². The van der Waals surface area contributed by atoms with Crippen molar-refractivity contribution in [2.24, 2.45) is 0 Å². The van der Waals surface area contributed by atoms with Gasteiger partial charge in [-0.2, -0.15) is 0 Å². The van der Waals surface area contributed by atoms with Crippen LogP contribution in [0.4, 0.5) is 8.78 Å². The van der Waals surface area contributed by atoms with Crippen molar-refractivity contribution < 1.29 is 32.3 Å². The van der Waals surface area contributed by atoms with Crippen LogP contribution in [0.25, 0.3) is 0 Å². The highest BCUT2D eigenvalue weighted by Gasteiger charge is 2.41. The van der Waals surface area contributed by atoms with Crippen LogP contribution in [0, 0.1) is 0 Å². The van der Waals surface area contributed by atoms with E-state index in [1.807, 2.05) is 0 Å². The van der Waals surface area contributed by atoms with Crippen LogP contribution in [0.15, 0.2) is 22.9 Å². The molecule has 2 aromatic heterocycles. The van der Waals surface area contributed by atoms with Crippen LogP contribution in [0.1, 0.15) is 54.6 Å². The molecule has 0 aliphatic heterocycles. The number of nitrogens with zero attached hydrogens (tertiary/aromatic N) is 1. The molecule has 0 fully saturated rings. The molecule has 6 nitrogen and oxygen atoms in total. The first kappa shape index (κ1) is 14.1. The number of esters is 1. The molecule has 0 spiro atoms. The average molecular weight is 307 g/mol. The molecular weight excluding hydrogens is 300 g/mol. The van der Waals surface area contributed by atoms with Crippen LogP contribution in [0.2, 0.25) is 0 Å². The third-order valence-corrected chi connectivity index (χ3v) is 3.27. The molecule has 0 N–H and O–H groups in total. The molecule has 1 aliphatic rings. The normalized spacial score (nSPS) is 13.1. The second-order valence-corrected chi connectivity index (χ2v) is 4.42. The quantitative estimate of drug-likeness (QED) is 0.674. The summed E-state index contributed by atoms with van der Waals surface area (Å²) in [7, 11) is 0.974. The van der Waals surface area contributed by atoms with Gasteiger partial charge in [-0.25, -0.2) is 13.6 Å². The number of alkyl halides is 2. The van der Waals surface area contributed by atoms with Gasteiger partial charge >= 0.3 is 5.97 Å². The number of methoxy groups -OCH3 is 1. The molecule has 0 saturated carbocycles. The van der Waals surface area contributed by atoms with Crippen LogP contribution >= 0.6 is 0 Å². The van der Waals surface area contributed by atoms with Crippen molar-refractivity contribution in [3.63, 3.8) is 0 Å². The van der Waals surface area contributed by atoms with Crippen LogP contribution < -0.4 is 0 Å². The van der Waals surface area contributed by atoms with E-state index in [-0.39, 0.29) is 11.1 Å². The lowest BCUT2D eigenvalue weighted by Gasteiger charge is -2.12. The van der Waals surface area contributed by atoms with Gasteiger partial charge in [0, 0.05) is 18.0 Å². The van der Waals surface area contributed by atoms with E-state index < -0.39 is 46.6 Å². The fourth-order valence-electron chi connectivity index (χ4n) is 2.31. The third-order valence-electron chi connectivity index (χ3n) is 3.27. The molecule has 0 bridgehead atoms. The molecule has 8 heteroatoms. The summed E-state index contributed by atoms with van der Waals surface area (Å²) in [5.41, 5.74) is -1.32. The molecule has 0 aromatic carbocycles. The highest BCUT2D eigenvalue weighted by Crippen LogP contribution is 2.37. The Morgan fingerprint density at radius 1 is 1.27 bits per heavy atom. The van der Waals surface area contributed by atoms with Gasteiger partial charge in [-0.15, -0.1) is 0 Å². The summed E-state index contributed by atoms with van der Waals surface area (Å²) in [6.07, 6.45) is -0.761. The zero-order valence-corrected chi connectivity index (χ0v) is 11.1. The summed E-state index contributed by atoms with van der Waals surface area (Å²) in [5.74, 6) is -4.36. The molecule has 2 heterocycles. The van der Waals surface area contributed by atoms with Gasteiger partial charge in [0.2, 0.25) is 5.78 Å². The number of hydrogen-bond acceptors (Lipinski definition) is 6. The number of fused-ring (bicyclic) bond motifs is 2. The average Bonchev–Trinajstić information content (AvgIpc) is 2.93. The van der Waals surface area contributed by atoms with Crippen LogP contribution in [-0.2, 0) is 4.74 Å². The largest absolute Gasteiger partial charge is 0.465 e. The predicted octanol–water partition coefficient (Wildman–Crippen LogP) is 2.17. The van der Waals surface area contributed by atoms with Gasteiger partial charge in [0.25, 0.3) is 6.43 Å². The molecule has 0 amide bonds. The van der Waals surface area contributed by atoms with E-state index in [4.69, 9.17) is 4.42 Å². The Hall–Kier alpha value is -2.90. The molecule has 1 aliphatic carbocycles. The van der Waals surface area contributed by atoms with E-state index in [9.17, 15) is 23.2 Å². The summed E-state index contributed by atoms with van der Waals surface area (Å²) < 4.78 is 35.3. The zero-order valence-electron chi connectivity index (χ0n) is 11.1. The Morgan fingerprint density at radius 3 is 2.64 bits per heavy atom. The van der Waals surface area contributed by atoms with Gasteiger partial charge in [-0.05, 0) is 6.07 Å². The summed E-state index contributed by atoms with van der Waals surface area (Å²) in [4.78, 5) is 40.2. The standard InChI is InChI=1S/C14H7F2NO5/c1-21-14(20)8-7-9(18)6-4-17-3-2-5(6)10(19)11(7)22-12(8)13(15)16/h2-4,13H,1H3. The molecule has 112 valence electrons. The lowest BCUT2D eigenvalue weighted by Crippen LogP contribution is -2.22. The number of ketones is 2. The van der Waals surface area contributed by atoms with Crippen molar-refractivity contribution in [1.82, 2.24) is 4.98 Å². The Morgan fingerprint density at radius 2 is 2.00 bits per heavy atom. The number of aromatic nitrogens is 1. The molecule has 22 heavy (non-hydrogen) atoms. The summed E-state index contributed by atoms with van der Waals surface area (Å²) in [5, 5.41) is 0. The Labute approximate surface area is 121 Å². The summed E-state index contributed by atoms with van der Waals surface area (Å²) >= 11 is 0. The SMILES string of the molecule is COC(=O)c1c(C(F)F)oc2c1C(=O)c1cnccc1C2=O. The van der Waals surface area contributed by atoms with Crippen LogP contribution in [-0.4, -0.2) is 29.6 Å². The number of halogens is 2. The number of carbonyl (C=O) groups is 3. The van der Waals surface area contributed by atoms with Gasteiger partial charge in [0.05, 0.1) is 18.2 Å². The van der Waals surface area contributed by atoms with Gasteiger partial charge in [0.1, 0.15) is 5.56 Å². The fraction of sp³-hybridized carbons (Fsp3) is 0.143. The molecule has 2 aromatic rings. The van der Waals surface area contributed by atoms with Crippen molar-refractivity contribution in [1.29, 1.82) is 0 Å². The highest BCUT2D eigenvalue weighted by molar-refractivity contribution is 6.29. The van der Waals surface area contributed by atoms with Crippen molar-refractivity contribution in [3.05, 3.63) is 52.2 Å². The smallest absolute Gasteiger partial charge is 0.342 e. The lowest BCUT2D eigenvalue weighted by molar-refractivity contribution is 0.0576. The molecule has 3 rings (SSSR count). The second-order valence-electron chi connectivity index (χ2n) is 4.42. The summed E-state index contributed by atoms with van der Waals surface area (Å²) in [6, 6.07) is 1.28. The zero-order chi connectivity index (χ0) is 16.0. The van der Waals surface area contributed by atoms with Gasteiger partial charge < -0.3 is 9.15 Å². The van der Waals surface area contributed by atoms with Crippen molar-refractivity contribution in [3.8, 4) is 0 Å². The minimum absolute atomic E-state index is 0.0153. The molecular formula is C14H7F2NO5. The number of rotatable bonds is 2. The Bertz CT molecular complexity index is 825. The maximum absolute atomic E-state index is 13.1. The molecule has 0 atom stereocenters. The maximum atomic E-state index is 13.1. The second kappa shape index (κ2) is 4.83. The summed E-state index contributed by atoms with van der Waals surface area (Å²) in [6.45, 7) is 0.